The maximum Gasteiger partial charge on any atom is 0.435 e. The van der Waals surface area contributed by atoms with E-state index in [1.807, 2.05) is 0 Å². The monoisotopic (exact) mass is 614 g/mol. The molecular weight excluding hydrogens is 595 g/mol. The van der Waals surface area contributed by atoms with E-state index in [0.29, 0.717) is 11.1 Å². The Morgan fingerprint density at radius 2 is 1.79 bits per heavy atom. The van der Waals surface area contributed by atoms with Crippen LogP contribution in [0, 0.1) is 5.82 Å². The molecule has 0 unspecified atom stereocenters. The summed E-state index contributed by atoms with van der Waals surface area (Å²) in [6.07, 6.45) is -4.65. The van der Waals surface area contributed by atoms with Crippen molar-refractivity contribution in [3.63, 3.8) is 0 Å². The third kappa shape index (κ3) is 4.76. The van der Waals surface area contributed by atoms with Gasteiger partial charge in [0.25, 0.3) is 5.60 Å². The van der Waals surface area contributed by atoms with E-state index < -0.39 is 66.7 Å². The maximum atomic E-state index is 14.3. The lowest BCUT2D eigenvalue weighted by atomic mass is 9.83. The van der Waals surface area contributed by atoms with Crippen molar-refractivity contribution >= 4 is 58.2 Å². The zero-order valence-electron chi connectivity index (χ0n) is 19.5. The van der Waals surface area contributed by atoms with Crippen LogP contribution in [0.25, 0.3) is 0 Å². The minimum Gasteiger partial charge on any atom is -0.374 e. The number of sulfone groups is 1. The normalized spacial score (nSPS) is 21.9. The number of hydrogen-bond acceptors (Lipinski definition) is 6. The van der Waals surface area contributed by atoms with Gasteiger partial charge in [0, 0.05) is 18.2 Å². The van der Waals surface area contributed by atoms with Crippen LogP contribution in [0.3, 0.4) is 0 Å². The molecule has 0 N–H and O–H groups in total. The Bertz CT molecular complexity index is 1440. The van der Waals surface area contributed by atoms with Gasteiger partial charge in [0.2, 0.25) is 5.91 Å². The molecule has 3 heterocycles. The van der Waals surface area contributed by atoms with Gasteiger partial charge in [-0.3, -0.25) is 4.79 Å². The topological polar surface area (TPSA) is 85.3 Å². The average molecular weight is 615 g/mol. The van der Waals surface area contributed by atoms with E-state index in [9.17, 15) is 30.8 Å². The van der Waals surface area contributed by atoms with E-state index in [4.69, 9.17) is 32.8 Å². The van der Waals surface area contributed by atoms with Gasteiger partial charge in [-0.1, -0.05) is 40.5 Å². The molecule has 1 fully saturated rings. The third-order valence-electron chi connectivity index (χ3n) is 6.70. The highest BCUT2D eigenvalue weighted by atomic mass is 35.5. The van der Waals surface area contributed by atoms with E-state index >= 15 is 0 Å². The van der Waals surface area contributed by atoms with Gasteiger partial charge in [0.1, 0.15) is 11.4 Å². The molecule has 7 nitrogen and oxygen atoms in total. The fraction of sp³-hybridized carbons (Fsp3) is 0.391. The van der Waals surface area contributed by atoms with Crippen molar-refractivity contribution < 1.29 is 40.3 Å². The number of carbonyl (C=O) groups is 1. The number of rotatable bonds is 4. The van der Waals surface area contributed by atoms with Gasteiger partial charge >= 0.3 is 6.18 Å². The molecule has 206 valence electrons. The predicted octanol–water partition coefficient (Wildman–Crippen LogP) is 4.44. The largest absolute Gasteiger partial charge is 0.435 e. The summed E-state index contributed by atoms with van der Waals surface area (Å²) in [6, 6.07) is 6.56. The number of carbonyl (C=O) groups excluding carboxylic acids is 1. The van der Waals surface area contributed by atoms with E-state index in [-0.39, 0.29) is 38.9 Å². The van der Waals surface area contributed by atoms with Gasteiger partial charge in [0.05, 0.1) is 35.5 Å². The van der Waals surface area contributed by atoms with E-state index in [1.165, 1.54) is 4.90 Å². The SMILES string of the molecule is CS(=O)(=O)CC(=O)N1CC2(C1)OCc1cc(C3=NO[C@@](c4cc(Cl)c(F)c(Cl)c4)(C(F)(F)F)C3)ccc12.S. The molecular formula is C23H20Cl2F4N2O5S2. The number of hydrogen-bond donors (Lipinski definition) is 0. The van der Waals surface area contributed by atoms with Crippen LogP contribution in [-0.4, -0.2) is 56.2 Å². The van der Waals surface area contributed by atoms with Gasteiger partial charge in [0.15, 0.2) is 15.7 Å². The lowest BCUT2D eigenvalue weighted by molar-refractivity contribution is -0.275. The summed E-state index contributed by atoms with van der Waals surface area (Å²) < 4.78 is 85.4. The average Bonchev–Trinajstić information content (AvgIpc) is 3.37. The first kappa shape index (κ1) is 28.9. The second-order valence-electron chi connectivity index (χ2n) is 9.36. The van der Waals surface area contributed by atoms with Gasteiger partial charge in [-0.15, -0.1) is 0 Å². The molecule has 1 saturated heterocycles. The molecule has 5 rings (SSSR count). The fourth-order valence-electron chi connectivity index (χ4n) is 4.80. The minimum atomic E-state index is -4.93. The highest BCUT2D eigenvalue weighted by Crippen LogP contribution is 2.50. The van der Waals surface area contributed by atoms with Crippen LogP contribution in [-0.2, 0) is 42.0 Å². The predicted molar refractivity (Wildman–Crippen MR) is 136 cm³/mol. The van der Waals surface area contributed by atoms with Crippen molar-refractivity contribution in [2.24, 2.45) is 5.16 Å². The van der Waals surface area contributed by atoms with Crippen LogP contribution in [0.5, 0.6) is 0 Å². The lowest BCUT2D eigenvalue weighted by Gasteiger charge is -2.47. The lowest BCUT2D eigenvalue weighted by Crippen LogP contribution is -2.62. The number of oxime groups is 1. The van der Waals surface area contributed by atoms with Crippen molar-refractivity contribution in [3.05, 3.63) is 68.4 Å². The number of likely N-dealkylation sites (tertiary alicyclic amines) is 1. The van der Waals surface area contributed by atoms with Crippen molar-refractivity contribution in [1.82, 2.24) is 4.90 Å². The zero-order chi connectivity index (χ0) is 27.0. The Kier molecular flexibility index (Phi) is 7.27. The minimum absolute atomic E-state index is 0. The summed E-state index contributed by atoms with van der Waals surface area (Å²) >= 11 is 11.5. The Morgan fingerprint density at radius 1 is 1.16 bits per heavy atom. The molecule has 3 aliphatic rings. The van der Waals surface area contributed by atoms with Crippen molar-refractivity contribution in [1.29, 1.82) is 0 Å². The zero-order valence-corrected chi connectivity index (χ0v) is 22.9. The molecule has 2 aromatic rings. The van der Waals surface area contributed by atoms with E-state index in [2.05, 4.69) is 5.16 Å². The Labute approximate surface area is 232 Å². The molecule has 1 atom stereocenters. The van der Waals surface area contributed by atoms with E-state index in [1.54, 1.807) is 18.2 Å². The van der Waals surface area contributed by atoms with Crippen LogP contribution in [0.4, 0.5) is 17.6 Å². The Morgan fingerprint density at radius 3 is 2.37 bits per heavy atom. The molecule has 15 heteroatoms. The van der Waals surface area contributed by atoms with Gasteiger partial charge < -0.3 is 14.5 Å². The molecule has 0 radical (unpaired) electrons. The van der Waals surface area contributed by atoms with Crippen molar-refractivity contribution in [2.45, 2.75) is 30.4 Å². The summed E-state index contributed by atoms with van der Waals surface area (Å²) in [7, 11) is -3.47. The quantitative estimate of drug-likeness (QED) is 0.375. The van der Waals surface area contributed by atoms with Crippen LogP contribution >= 0.6 is 36.7 Å². The summed E-state index contributed by atoms with van der Waals surface area (Å²) in [5, 5.41) is 2.56. The number of fused-ring (bicyclic) bond motifs is 2. The molecule has 3 aliphatic heterocycles. The van der Waals surface area contributed by atoms with Crippen LogP contribution in [0.1, 0.15) is 28.7 Å². The second kappa shape index (κ2) is 9.54. The van der Waals surface area contributed by atoms with Crippen molar-refractivity contribution in [3.8, 4) is 0 Å². The molecule has 0 bridgehead atoms. The van der Waals surface area contributed by atoms with Gasteiger partial charge in [-0.2, -0.15) is 26.7 Å². The van der Waals surface area contributed by atoms with Gasteiger partial charge in [-0.25, -0.2) is 12.8 Å². The first-order valence-corrected chi connectivity index (χ1v) is 13.7. The third-order valence-corrected chi connectivity index (χ3v) is 8.02. The molecule has 1 amide bonds. The van der Waals surface area contributed by atoms with Gasteiger partial charge in [-0.05, 0) is 34.9 Å². The van der Waals surface area contributed by atoms with Crippen molar-refractivity contribution in [2.75, 3.05) is 25.1 Å². The molecule has 0 saturated carbocycles. The molecule has 1 spiro atoms. The van der Waals surface area contributed by atoms with E-state index in [0.717, 1.165) is 24.0 Å². The molecule has 2 aromatic carbocycles. The Balaban J connectivity index is 0.00000336. The number of alkyl halides is 3. The number of nitrogens with zero attached hydrogens (tertiary/aromatic N) is 2. The molecule has 0 aliphatic carbocycles. The highest BCUT2D eigenvalue weighted by molar-refractivity contribution is 7.91. The Hall–Kier alpha value is -2.06. The second-order valence-corrected chi connectivity index (χ2v) is 12.3. The molecule has 38 heavy (non-hydrogen) atoms. The maximum absolute atomic E-state index is 14.3. The summed E-state index contributed by atoms with van der Waals surface area (Å²) in [6.45, 7) is 0.487. The first-order chi connectivity index (χ1) is 17.1. The number of benzene rings is 2. The van der Waals surface area contributed by atoms with Crippen LogP contribution in [0.15, 0.2) is 35.5 Å². The highest BCUT2D eigenvalue weighted by Gasteiger charge is 2.62. The fourth-order valence-corrected chi connectivity index (χ4v) is 5.92. The van der Waals surface area contributed by atoms with Crippen LogP contribution < -0.4 is 0 Å². The summed E-state index contributed by atoms with van der Waals surface area (Å²) in [4.78, 5) is 18.5. The number of amides is 1. The summed E-state index contributed by atoms with van der Waals surface area (Å²) in [5.74, 6) is -2.16. The summed E-state index contributed by atoms with van der Waals surface area (Å²) in [5.41, 5.74) is -2.34. The number of ether oxygens (including phenoxy) is 1. The standard InChI is InChI=1S/C23H18Cl2F4N2O5S.H2S/c1-37(33,34)9-19(32)31-10-21(11-31)15-3-2-12(4-13(15)8-35-21)18-7-22(36-30-18,23(27,28)29)14-5-16(24)20(26)17(25)6-14;/h2-6H,7-11H2,1H3;1H2/t22-;/m0./s1. The molecule has 0 aromatic heterocycles. The smallest absolute Gasteiger partial charge is 0.374 e. The van der Waals surface area contributed by atoms with Crippen LogP contribution in [0.2, 0.25) is 10.0 Å². The first-order valence-electron chi connectivity index (χ1n) is 10.8. The number of halogens is 6.